The number of methoxy groups -OCH3 is 1. The van der Waals surface area contributed by atoms with Crippen LogP contribution < -0.4 is 0 Å². The topological polar surface area (TPSA) is 64.4 Å². The van der Waals surface area contributed by atoms with Gasteiger partial charge in [0.1, 0.15) is 6.10 Å². The van der Waals surface area contributed by atoms with Gasteiger partial charge < -0.3 is 14.4 Å². The molecule has 0 radical (unpaired) electrons. The summed E-state index contributed by atoms with van der Waals surface area (Å²) in [5, 5.41) is 9.07. The molecule has 0 amide bonds. The first-order chi connectivity index (χ1) is 14.7. The minimum atomic E-state index is -0.928. The van der Waals surface area contributed by atoms with Gasteiger partial charge in [-0.15, -0.1) is 0 Å². The third-order valence-corrected chi connectivity index (χ3v) is 5.12. The van der Waals surface area contributed by atoms with E-state index in [1.54, 1.807) is 25.6 Å². The molecule has 5 nitrogen and oxygen atoms in total. The van der Waals surface area contributed by atoms with Crippen molar-refractivity contribution in [2.24, 2.45) is 0 Å². The largest absolute Gasteiger partial charge is 0.478 e. The number of imidazole rings is 1. The number of carboxylic acid groups (broad SMARTS) is 1. The van der Waals surface area contributed by atoms with E-state index in [0.29, 0.717) is 6.54 Å². The Kier molecular flexibility index (Phi) is 5.72. The number of carbonyl (C=O) groups is 1. The molecule has 5 heteroatoms. The first kappa shape index (κ1) is 19.6. The van der Waals surface area contributed by atoms with E-state index in [1.807, 2.05) is 41.1 Å². The Labute approximate surface area is 175 Å². The summed E-state index contributed by atoms with van der Waals surface area (Å²) in [6.07, 6.45) is 3.32. The Morgan fingerprint density at radius 1 is 0.967 bits per heavy atom. The van der Waals surface area contributed by atoms with Crippen LogP contribution in [0.15, 0.2) is 91.4 Å². The molecule has 0 fully saturated rings. The lowest BCUT2D eigenvalue weighted by Crippen LogP contribution is -2.11. The monoisotopic (exact) mass is 398 g/mol. The molecule has 0 spiro atoms. The van der Waals surface area contributed by atoms with Crippen LogP contribution in [0.4, 0.5) is 0 Å². The van der Waals surface area contributed by atoms with Crippen LogP contribution in [0.5, 0.6) is 0 Å². The lowest BCUT2D eigenvalue weighted by Gasteiger charge is -2.18. The van der Waals surface area contributed by atoms with Crippen LogP contribution in [0.3, 0.4) is 0 Å². The minimum Gasteiger partial charge on any atom is -0.478 e. The van der Waals surface area contributed by atoms with Crippen LogP contribution in [0.25, 0.3) is 11.1 Å². The third kappa shape index (κ3) is 4.16. The fourth-order valence-electron chi connectivity index (χ4n) is 3.54. The molecule has 0 aliphatic heterocycles. The van der Waals surface area contributed by atoms with E-state index in [0.717, 1.165) is 22.4 Å². The van der Waals surface area contributed by atoms with E-state index >= 15 is 0 Å². The number of carboxylic acids is 1. The number of aromatic nitrogens is 2. The summed E-state index contributed by atoms with van der Waals surface area (Å²) in [7, 11) is 1.69. The zero-order valence-electron chi connectivity index (χ0n) is 16.6. The van der Waals surface area contributed by atoms with Crippen LogP contribution in [-0.2, 0) is 11.3 Å². The highest BCUT2D eigenvalue weighted by Gasteiger charge is 2.18. The molecule has 150 valence electrons. The van der Waals surface area contributed by atoms with Crippen molar-refractivity contribution in [3.05, 3.63) is 114 Å². The SMILES string of the molecule is COC(c1ccc(-c2ccccc2)cc1)c1cncn1Cc1ccc(C(=O)O)cc1. The lowest BCUT2D eigenvalue weighted by molar-refractivity contribution is 0.0697. The van der Waals surface area contributed by atoms with Crippen LogP contribution in [0.1, 0.15) is 33.3 Å². The smallest absolute Gasteiger partial charge is 0.335 e. The Morgan fingerprint density at radius 3 is 2.27 bits per heavy atom. The lowest BCUT2D eigenvalue weighted by atomic mass is 10.0. The van der Waals surface area contributed by atoms with Gasteiger partial charge in [0.25, 0.3) is 0 Å². The van der Waals surface area contributed by atoms with Crippen molar-refractivity contribution >= 4 is 5.97 Å². The summed E-state index contributed by atoms with van der Waals surface area (Å²) in [5.74, 6) is -0.928. The van der Waals surface area contributed by atoms with Gasteiger partial charge in [-0.25, -0.2) is 9.78 Å². The fraction of sp³-hybridized carbons (Fsp3) is 0.120. The predicted octanol–water partition coefficient (Wildman–Crippen LogP) is 5.03. The molecule has 4 rings (SSSR count). The Morgan fingerprint density at radius 2 is 1.63 bits per heavy atom. The van der Waals surface area contributed by atoms with Crippen molar-refractivity contribution in [3.8, 4) is 11.1 Å². The summed E-state index contributed by atoms with van der Waals surface area (Å²) in [4.78, 5) is 15.4. The van der Waals surface area contributed by atoms with E-state index in [9.17, 15) is 4.79 Å². The highest BCUT2D eigenvalue weighted by atomic mass is 16.5. The normalized spacial score (nSPS) is 11.9. The second-order valence-electron chi connectivity index (χ2n) is 7.05. The molecule has 1 aromatic heterocycles. The van der Waals surface area contributed by atoms with Crippen LogP contribution >= 0.6 is 0 Å². The number of hydrogen-bond acceptors (Lipinski definition) is 3. The molecule has 0 aliphatic carbocycles. The molecule has 3 aromatic carbocycles. The maximum Gasteiger partial charge on any atom is 0.335 e. The molecule has 0 saturated carbocycles. The molecule has 30 heavy (non-hydrogen) atoms. The molecule has 0 saturated heterocycles. The van der Waals surface area contributed by atoms with E-state index < -0.39 is 5.97 Å². The van der Waals surface area contributed by atoms with Crippen molar-refractivity contribution in [2.75, 3.05) is 7.11 Å². The third-order valence-electron chi connectivity index (χ3n) is 5.12. The second-order valence-corrected chi connectivity index (χ2v) is 7.05. The summed E-state index contributed by atoms with van der Waals surface area (Å²) in [6.45, 7) is 0.581. The summed E-state index contributed by atoms with van der Waals surface area (Å²) in [5.41, 5.74) is 5.58. The molecule has 1 N–H and O–H groups in total. The first-order valence-corrected chi connectivity index (χ1v) is 9.66. The maximum atomic E-state index is 11.1. The van der Waals surface area contributed by atoms with Gasteiger partial charge in [0.05, 0.1) is 23.8 Å². The number of ether oxygens (including phenoxy) is 1. The number of nitrogens with zero attached hydrogens (tertiary/aromatic N) is 2. The number of benzene rings is 3. The molecular weight excluding hydrogens is 376 g/mol. The highest BCUT2D eigenvalue weighted by molar-refractivity contribution is 5.87. The highest BCUT2D eigenvalue weighted by Crippen LogP contribution is 2.28. The van der Waals surface area contributed by atoms with Gasteiger partial charge in [0.2, 0.25) is 0 Å². The molecule has 0 bridgehead atoms. The van der Waals surface area contributed by atoms with E-state index in [-0.39, 0.29) is 11.7 Å². The fourth-order valence-corrected chi connectivity index (χ4v) is 3.54. The average molecular weight is 398 g/mol. The molecule has 1 unspecified atom stereocenters. The summed E-state index contributed by atoms with van der Waals surface area (Å²) < 4.78 is 7.84. The maximum absolute atomic E-state index is 11.1. The van der Waals surface area contributed by atoms with E-state index in [1.165, 1.54) is 5.56 Å². The van der Waals surface area contributed by atoms with E-state index in [4.69, 9.17) is 9.84 Å². The second kappa shape index (κ2) is 8.76. The Hall–Kier alpha value is -3.70. The van der Waals surface area contributed by atoms with E-state index in [2.05, 4.69) is 41.4 Å². The summed E-state index contributed by atoms with van der Waals surface area (Å²) in [6, 6.07) is 25.5. The Bertz CT molecular complexity index is 1120. The Balaban J connectivity index is 1.57. The number of hydrogen-bond donors (Lipinski definition) is 1. The van der Waals surface area contributed by atoms with Crippen LogP contribution in [0.2, 0.25) is 0 Å². The quantitative estimate of drug-likeness (QED) is 0.474. The van der Waals surface area contributed by atoms with Crippen molar-refractivity contribution in [3.63, 3.8) is 0 Å². The number of rotatable bonds is 7. The molecule has 1 atom stereocenters. The zero-order chi connectivity index (χ0) is 20.9. The van der Waals surface area contributed by atoms with Crippen molar-refractivity contribution < 1.29 is 14.6 Å². The number of aromatic carboxylic acids is 1. The van der Waals surface area contributed by atoms with Crippen LogP contribution in [-0.4, -0.2) is 27.7 Å². The standard InChI is InChI=1S/C25H22N2O3/c1-30-24(21-13-11-20(12-14-21)19-5-3-2-4-6-19)23-15-26-17-27(23)16-18-7-9-22(10-8-18)25(28)29/h2-15,17,24H,16H2,1H3,(H,28,29). The van der Waals surface area contributed by atoms with Crippen molar-refractivity contribution in [1.82, 2.24) is 9.55 Å². The van der Waals surface area contributed by atoms with Gasteiger partial charge in [-0.05, 0) is 34.4 Å². The molecule has 0 aliphatic rings. The predicted molar refractivity (Wildman–Crippen MR) is 115 cm³/mol. The van der Waals surface area contributed by atoms with Crippen molar-refractivity contribution in [1.29, 1.82) is 0 Å². The average Bonchev–Trinajstić information content (AvgIpc) is 3.23. The van der Waals surface area contributed by atoms with Crippen LogP contribution in [0, 0.1) is 0 Å². The zero-order valence-corrected chi connectivity index (χ0v) is 16.6. The van der Waals surface area contributed by atoms with Crippen molar-refractivity contribution in [2.45, 2.75) is 12.6 Å². The minimum absolute atomic E-state index is 0.254. The molecular formula is C25H22N2O3. The van der Waals surface area contributed by atoms with Gasteiger partial charge in [0.15, 0.2) is 0 Å². The van der Waals surface area contributed by atoms with Gasteiger partial charge in [-0.3, -0.25) is 0 Å². The van der Waals surface area contributed by atoms with Gasteiger partial charge in [-0.2, -0.15) is 0 Å². The molecule has 1 heterocycles. The summed E-state index contributed by atoms with van der Waals surface area (Å²) >= 11 is 0. The van der Waals surface area contributed by atoms with Gasteiger partial charge in [0, 0.05) is 13.7 Å². The molecule has 4 aromatic rings. The van der Waals surface area contributed by atoms with Gasteiger partial charge >= 0.3 is 5.97 Å². The first-order valence-electron chi connectivity index (χ1n) is 9.66. The van der Waals surface area contributed by atoms with Gasteiger partial charge in [-0.1, -0.05) is 66.7 Å².